The fraction of sp³-hybridized carbons (Fsp3) is 0.553. The standard InChI is InChI=1S/C38H46FN7O8S/c1-4-23-18-29(44-54-23)32(47)41-28-14-10-8-6-7-9-12-22-20-38(22,36(50)45-55(51,52)37(3)16-17-37)43-33(48)30-19-24(21-46(30)35(28)49)53-34-26(5-2)40-27-15-11-13-25(39)31(27)42-34/h9,11-13,15,18,22,24,28,30H,4-8,10,14,16-17,19-21H2,1-3H3,(H,41,47)(H,43,48)(H,45,50)/b12-9-/t22?,24-,28+,30+,38-/m1/s1. The summed E-state index contributed by atoms with van der Waals surface area (Å²) in [6.45, 7) is 5.16. The molecule has 4 heterocycles. The SMILES string of the molecule is CCc1cc(C(=O)N[C@H]2CCCCC/C=C\C3C[C@@]3(C(=O)NS(=O)(=O)C3(C)CC3)NC(=O)[C@@H]3C[C@@H](Oc4nc5c(F)cccc5nc4CC)CN3C2=O)no1. The Morgan fingerprint density at radius 3 is 2.65 bits per heavy atom. The van der Waals surface area contributed by atoms with Crippen LogP contribution in [0, 0.1) is 11.7 Å². The average molecular weight is 780 g/mol. The Morgan fingerprint density at radius 1 is 1.13 bits per heavy atom. The zero-order valence-electron chi connectivity index (χ0n) is 31.1. The van der Waals surface area contributed by atoms with Crippen LogP contribution in [0.5, 0.6) is 5.88 Å². The molecule has 4 aliphatic rings. The summed E-state index contributed by atoms with van der Waals surface area (Å²) in [5.74, 6) is -3.17. The van der Waals surface area contributed by atoms with Crippen molar-refractivity contribution in [1.82, 2.24) is 35.4 Å². The number of amides is 4. The zero-order valence-corrected chi connectivity index (χ0v) is 31.9. The third kappa shape index (κ3) is 7.67. The molecule has 17 heteroatoms. The van der Waals surface area contributed by atoms with Gasteiger partial charge in [0, 0.05) is 24.8 Å². The molecule has 2 aromatic heterocycles. The van der Waals surface area contributed by atoms with Crippen molar-refractivity contribution in [2.45, 2.75) is 120 Å². The lowest BCUT2D eigenvalue weighted by molar-refractivity contribution is -0.141. The number of ether oxygens (including phenoxy) is 1. The number of aromatic nitrogens is 3. The van der Waals surface area contributed by atoms with Gasteiger partial charge in [-0.3, -0.25) is 23.9 Å². The van der Waals surface area contributed by atoms with Crippen molar-refractivity contribution >= 4 is 44.7 Å². The molecule has 7 rings (SSSR count). The number of sulfonamides is 1. The molecular weight excluding hydrogens is 734 g/mol. The van der Waals surface area contributed by atoms with Gasteiger partial charge in [-0.1, -0.05) is 50.1 Å². The molecule has 55 heavy (non-hydrogen) atoms. The van der Waals surface area contributed by atoms with Gasteiger partial charge in [-0.05, 0) is 64.0 Å². The molecule has 294 valence electrons. The molecule has 1 unspecified atom stereocenters. The number of benzene rings is 1. The molecule has 3 aromatic rings. The van der Waals surface area contributed by atoms with E-state index in [1.807, 2.05) is 26.0 Å². The van der Waals surface area contributed by atoms with Gasteiger partial charge in [-0.2, -0.15) is 0 Å². The van der Waals surface area contributed by atoms with E-state index in [1.54, 1.807) is 13.0 Å². The predicted molar refractivity (Wildman–Crippen MR) is 196 cm³/mol. The highest BCUT2D eigenvalue weighted by molar-refractivity contribution is 7.91. The first-order chi connectivity index (χ1) is 26.3. The molecule has 3 N–H and O–H groups in total. The normalized spacial score (nSPS) is 27.2. The summed E-state index contributed by atoms with van der Waals surface area (Å²) in [4.78, 5) is 66.5. The molecule has 0 spiro atoms. The Morgan fingerprint density at radius 2 is 1.93 bits per heavy atom. The second kappa shape index (κ2) is 15.0. The maximum Gasteiger partial charge on any atom is 0.274 e. The molecule has 3 fully saturated rings. The molecule has 2 aliphatic heterocycles. The number of carbonyl (C=O) groups is 4. The molecule has 5 atom stereocenters. The predicted octanol–water partition coefficient (Wildman–Crippen LogP) is 3.42. The highest BCUT2D eigenvalue weighted by atomic mass is 32.2. The van der Waals surface area contributed by atoms with E-state index in [0.717, 1.165) is 12.8 Å². The summed E-state index contributed by atoms with van der Waals surface area (Å²) in [7, 11) is -4.02. The molecule has 0 bridgehead atoms. The summed E-state index contributed by atoms with van der Waals surface area (Å²) < 4.78 is 53.8. The highest BCUT2D eigenvalue weighted by Crippen LogP contribution is 2.47. The third-order valence-electron chi connectivity index (χ3n) is 11.2. The number of rotatable bonds is 9. The smallest absolute Gasteiger partial charge is 0.274 e. The van der Waals surface area contributed by atoms with Gasteiger partial charge in [0.05, 0.1) is 16.8 Å². The molecule has 1 aromatic carbocycles. The number of aryl methyl sites for hydroxylation is 2. The fourth-order valence-electron chi connectivity index (χ4n) is 7.31. The number of para-hydroxylation sites is 1. The second-order valence-electron chi connectivity index (χ2n) is 15.2. The lowest BCUT2D eigenvalue weighted by Crippen LogP contribution is -2.58. The van der Waals surface area contributed by atoms with Gasteiger partial charge in [0.25, 0.3) is 11.8 Å². The van der Waals surface area contributed by atoms with Crippen molar-refractivity contribution < 1.29 is 41.2 Å². The van der Waals surface area contributed by atoms with E-state index in [9.17, 15) is 32.0 Å². The Hall–Kier alpha value is -4.93. The molecule has 2 saturated carbocycles. The van der Waals surface area contributed by atoms with Crippen molar-refractivity contribution in [1.29, 1.82) is 0 Å². The average Bonchev–Trinajstić information content (AvgIpc) is 3.94. The van der Waals surface area contributed by atoms with Crippen molar-refractivity contribution in [2.75, 3.05) is 6.54 Å². The first-order valence-corrected chi connectivity index (χ1v) is 20.5. The lowest BCUT2D eigenvalue weighted by atomic mass is 10.0. The minimum atomic E-state index is -4.02. The van der Waals surface area contributed by atoms with Gasteiger partial charge in [0.2, 0.25) is 27.7 Å². The van der Waals surface area contributed by atoms with Crippen LogP contribution in [-0.4, -0.2) is 87.1 Å². The molecular formula is C38H46FN7O8S. The van der Waals surface area contributed by atoms with Gasteiger partial charge in [0.15, 0.2) is 11.5 Å². The number of halogens is 1. The van der Waals surface area contributed by atoms with Crippen LogP contribution in [0.4, 0.5) is 4.39 Å². The van der Waals surface area contributed by atoms with Crippen molar-refractivity contribution in [3.05, 3.63) is 59.4 Å². The summed E-state index contributed by atoms with van der Waals surface area (Å²) in [6, 6.07) is 3.70. The maximum atomic E-state index is 14.8. The first-order valence-electron chi connectivity index (χ1n) is 19.0. The Bertz CT molecular complexity index is 2150. The number of hydrogen-bond acceptors (Lipinski definition) is 11. The molecule has 1 saturated heterocycles. The van der Waals surface area contributed by atoms with E-state index in [1.165, 1.54) is 23.1 Å². The van der Waals surface area contributed by atoms with Crippen molar-refractivity contribution in [3.8, 4) is 5.88 Å². The maximum absolute atomic E-state index is 14.8. The summed E-state index contributed by atoms with van der Waals surface area (Å²) >= 11 is 0. The van der Waals surface area contributed by atoms with Gasteiger partial charge < -0.3 is 24.8 Å². The largest absolute Gasteiger partial charge is 0.471 e. The third-order valence-corrected chi connectivity index (χ3v) is 13.4. The minimum absolute atomic E-state index is 0.00835. The number of hydrogen-bond donors (Lipinski definition) is 3. The van der Waals surface area contributed by atoms with Gasteiger partial charge in [-0.25, -0.2) is 22.8 Å². The lowest BCUT2D eigenvalue weighted by Gasteiger charge is -2.30. The summed E-state index contributed by atoms with van der Waals surface area (Å²) in [5.41, 5.74) is -0.734. The van der Waals surface area contributed by atoms with Crippen LogP contribution in [0.25, 0.3) is 11.0 Å². The van der Waals surface area contributed by atoms with E-state index in [2.05, 4.69) is 30.5 Å². The van der Waals surface area contributed by atoms with E-state index >= 15 is 0 Å². The van der Waals surface area contributed by atoms with Crippen LogP contribution >= 0.6 is 0 Å². The highest BCUT2D eigenvalue weighted by Gasteiger charge is 2.63. The fourth-order valence-corrected chi connectivity index (χ4v) is 8.62. The van der Waals surface area contributed by atoms with Crippen LogP contribution < -0.4 is 20.1 Å². The Balaban J connectivity index is 1.21. The van der Waals surface area contributed by atoms with Crippen LogP contribution in [0.2, 0.25) is 0 Å². The molecule has 4 amide bonds. The zero-order chi connectivity index (χ0) is 39.1. The molecule has 2 aliphatic carbocycles. The number of nitrogens with one attached hydrogen (secondary N) is 3. The van der Waals surface area contributed by atoms with E-state index in [-0.39, 0.29) is 42.9 Å². The number of fused-ring (bicyclic) bond motifs is 3. The first kappa shape index (κ1) is 38.3. The van der Waals surface area contributed by atoms with Crippen LogP contribution in [0.15, 0.2) is 40.9 Å². The van der Waals surface area contributed by atoms with Crippen LogP contribution in [0.1, 0.15) is 101 Å². The molecule has 0 radical (unpaired) electrons. The number of allylic oxidation sites excluding steroid dienone is 1. The summed E-state index contributed by atoms with van der Waals surface area (Å²) in [6.07, 6.45) is 7.81. The quantitative estimate of drug-likeness (QED) is 0.269. The van der Waals surface area contributed by atoms with Gasteiger partial charge in [0.1, 0.15) is 40.7 Å². The van der Waals surface area contributed by atoms with E-state index in [4.69, 9.17) is 9.26 Å². The van der Waals surface area contributed by atoms with Crippen LogP contribution in [-0.2, 0) is 37.2 Å². The Labute approximate surface area is 318 Å². The van der Waals surface area contributed by atoms with E-state index < -0.39 is 73.9 Å². The van der Waals surface area contributed by atoms with Gasteiger partial charge in [-0.15, -0.1) is 0 Å². The number of nitrogens with zero attached hydrogens (tertiary/aromatic N) is 4. The molecule has 15 nitrogen and oxygen atoms in total. The number of carbonyl (C=O) groups excluding carboxylic acids is 4. The van der Waals surface area contributed by atoms with Crippen LogP contribution in [0.3, 0.4) is 0 Å². The topological polar surface area (TPSA) is 203 Å². The summed E-state index contributed by atoms with van der Waals surface area (Å²) in [5, 5.41) is 9.51. The van der Waals surface area contributed by atoms with Crippen molar-refractivity contribution in [2.24, 2.45) is 5.92 Å². The minimum Gasteiger partial charge on any atom is -0.471 e. The van der Waals surface area contributed by atoms with Gasteiger partial charge >= 0.3 is 0 Å². The van der Waals surface area contributed by atoms with E-state index in [0.29, 0.717) is 55.5 Å². The van der Waals surface area contributed by atoms with Crippen molar-refractivity contribution in [3.63, 3.8) is 0 Å². The monoisotopic (exact) mass is 779 g/mol. The Kier molecular flexibility index (Phi) is 10.4. The second-order valence-corrected chi connectivity index (χ2v) is 17.4.